The molecular formula is C14H27N3S. The summed E-state index contributed by atoms with van der Waals surface area (Å²) in [5.74, 6) is 0.971. The third-order valence-electron chi connectivity index (χ3n) is 4.64. The summed E-state index contributed by atoms with van der Waals surface area (Å²) < 4.78 is 0. The zero-order valence-corrected chi connectivity index (χ0v) is 12.4. The molecule has 0 amide bonds. The Labute approximate surface area is 117 Å². The van der Waals surface area contributed by atoms with Gasteiger partial charge in [0.15, 0.2) is 0 Å². The Morgan fingerprint density at radius 3 is 2.56 bits per heavy atom. The largest absolute Gasteiger partial charge is 0.392 e. The molecule has 18 heavy (non-hydrogen) atoms. The van der Waals surface area contributed by atoms with E-state index in [1.165, 1.54) is 45.2 Å². The van der Waals surface area contributed by atoms with Crippen molar-refractivity contribution in [2.24, 2.45) is 11.7 Å². The molecule has 0 aromatic rings. The van der Waals surface area contributed by atoms with Crippen LogP contribution >= 0.6 is 12.2 Å². The van der Waals surface area contributed by atoms with Gasteiger partial charge in [0.05, 0.1) is 4.99 Å². The first kappa shape index (κ1) is 14.2. The number of hydrogen-bond acceptors (Lipinski definition) is 3. The molecule has 2 rings (SSSR count). The van der Waals surface area contributed by atoms with Crippen LogP contribution in [-0.4, -0.2) is 53.6 Å². The van der Waals surface area contributed by atoms with Gasteiger partial charge in [-0.1, -0.05) is 38.4 Å². The van der Waals surface area contributed by atoms with Crippen molar-refractivity contribution in [3.8, 4) is 0 Å². The summed E-state index contributed by atoms with van der Waals surface area (Å²) in [5, 5.41) is 0. The van der Waals surface area contributed by atoms with Crippen LogP contribution in [0, 0.1) is 5.92 Å². The van der Waals surface area contributed by atoms with E-state index in [1.807, 2.05) is 0 Å². The molecule has 2 unspecified atom stereocenters. The topological polar surface area (TPSA) is 32.5 Å². The molecule has 1 saturated heterocycles. The molecule has 0 radical (unpaired) electrons. The van der Waals surface area contributed by atoms with Crippen LogP contribution in [0.3, 0.4) is 0 Å². The maximum Gasteiger partial charge on any atom is 0.0870 e. The van der Waals surface area contributed by atoms with Crippen molar-refractivity contribution in [1.29, 1.82) is 0 Å². The van der Waals surface area contributed by atoms with Crippen LogP contribution in [0.5, 0.6) is 0 Å². The lowest BCUT2D eigenvalue weighted by molar-refractivity contribution is 0.0725. The number of thiocarbonyl (C=S) groups is 1. The van der Waals surface area contributed by atoms with Gasteiger partial charge in [-0.25, -0.2) is 0 Å². The minimum absolute atomic E-state index is 0.632. The van der Waals surface area contributed by atoms with E-state index in [1.54, 1.807) is 0 Å². The van der Waals surface area contributed by atoms with Gasteiger partial charge < -0.3 is 5.73 Å². The molecule has 0 aromatic carbocycles. The van der Waals surface area contributed by atoms with Gasteiger partial charge in [-0.15, -0.1) is 0 Å². The quantitative estimate of drug-likeness (QED) is 0.790. The van der Waals surface area contributed by atoms with E-state index in [4.69, 9.17) is 18.0 Å². The monoisotopic (exact) mass is 269 g/mol. The van der Waals surface area contributed by atoms with Gasteiger partial charge in [-0.05, 0) is 18.8 Å². The Balaban J connectivity index is 1.76. The van der Waals surface area contributed by atoms with Crippen LogP contribution in [0.25, 0.3) is 0 Å². The van der Waals surface area contributed by atoms with Crippen molar-refractivity contribution in [3.63, 3.8) is 0 Å². The molecule has 0 aromatic heterocycles. The highest BCUT2D eigenvalue weighted by molar-refractivity contribution is 7.80. The van der Waals surface area contributed by atoms with Gasteiger partial charge in [0.1, 0.15) is 0 Å². The first-order chi connectivity index (χ1) is 8.69. The molecule has 4 heteroatoms. The van der Waals surface area contributed by atoms with Crippen molar-refractivity contribution in [2.75, 3.05) is 32.7 Å². The molecule has 1 saturated carbocycles. The summed E-state index contributed by atoms with van der Waals surface area (Å²) in [6.45, 7) is 7.79. The highest BCUT2D eigenvalue weighted by Crippen LogP contribution is 2.30. The Kier molecular flexibility index (Phi) is 5.39. The maximum absolute atomic E-state index is 5.61. The molecule has 0 bridgehead atoms. The van der Waals surface area contributed by atoms with E-state index < -0.39 is 0 Å². The van der Waals surface area contributed by atoms with E-state index in [-0.39, 0.29) is 0 Å². The molecule has 104 valence electrons. The van der Waals surface area contributed by atoms with E-state index >= 15 is 0 Å². The van der Waals surface area contributed by atoms with Crippen molar-refractivity contribution >= 4 is 17.2 Å². The van der Waals surface area contributed by atoms with Crippen LogP contribution in [0.4, 0.5) is 0 Å². The van der Waals surface area contributed by atoms with Crippen LogP contribution in [0.1, 0.15) is 39.0 Å². The number of piperazine rings is 1. The minimum Gasteiger partial charge on any atom is -0.392 e. The number of nitrogens with zero attached hydrogens (tertiary/aromatic N) is 2. The fraction of sp³-hybridized carbons (Fsp3) is 0.929. The lowest BCUT2D eigenvalue weighted by atomic mass is 9.83. The zero-order chi connectivity index (χ0) is 13.0. The Bertz CT molecular complexity index is 274. The van der Waals surface area contributed by atoms with Gasteiger partial charge in [0.25, 0.3) is 0 Å². The lowest BCUT2D eigenvalue weighted by Gasteiger charge is -2.42. The van der Waals surface area contributed by atoms with Gasteiger partial charge in [-0.3, -0.25) is 9.80 Å². The Morgan fingerprint density at radius 2 is 1.94 bits per heavy atom. The summed E-state index contributed by atoms with van der Waals surface area (Å²) in [6.07, 6.45) is 7.07. The standard InChI is InChI=1S/C14H27N3S/c1-2-12-4-3-5-13(10-12)17-8-6-16(7-9-17)11-14(15)18/h12-13H,2-11H2,1H3,(H2,15,18). The molecule has 2 fully saturated rings. The molecule has 1 heterocycles. The summed E-state index contributed by atoms with van der Waals surface area (Å²) in [5.41, 5.74) is 5.61. The zero-order valence-electron chi connectivity index (χ0n) is 11.6. The number of hydrogen-bond donors (Lipinski definition) is 1. The first-order valence-corrected chi connectivity index (χ1v) is 7.84. The van der Waals surface area contributed by atoms with E-state index in [0.717, 1.165) is 31.6 Å². The highest BCUT2D eigenvalue weighted by atomic mass is 32.1. The summed E-state index contributed by atoms with van der Waals surface area (Å²) in [4.78, 5) is 5.73. The minimum atomic E-state index is 0.632. The molecule has 2 N–H and O–H groups in total. The average Bonchev–Trinajstić information content (AvgIpc) is 2.39. The predicted molar refractivity (Wildman–Crippen MR) is 80.8 cm³/mol. The predicted octanol–water partition coefficient (Wildman–Crippen LogP) is 1.86. The molecule has 0 spiro atoms. The first-order valence-electron chi connectivity index (χ1n) is 7.43. The van der Waals surface area contributed by atoms with Crippen LogP contribution in [0.15, 0.2) is 0 Å². The van der Waals surface area contributed by atoms with Crippen LogP contribution in [0.2, 0.25) is 0 Å². The second kappa shape index (κ2) is 6.83. The Morgan fingerprint density at radius 1 is 1.22 bits per heavy atom. The smallest absolute Gasteiger partial charge is 0.0870 e. The van der Waals surface area contributed by atoms with Crippen LogP contribution in [-0.2, 0) is 0 Å². The Hall–Kier alpha value is -0.190. The SMILES string of the molecule is CCC1CCCC(N2CCN(CC(N)=S)CC2)C1. The summed E-state index contributed by atoms with van der Waals surface area (Å²) in [6, 6.07) is 0.843. The molecule has 2 atom stereocenters. The van der Waals surface area contributed by atoms with Crippen LogP contribution < -0.4 is 5.73 Å². The fourth-order valence-corrected chi connectivity index (χ4v) is 3.65. The van der Waals surface area contributed by atoms with Gasteiger partial charge in [-0.2, -0.15) is 0 Å². The fourth-order valence-electron chi connectivity index (χ4n) is 3.47. The summed E-state index contributed by atoms with van der Waals surface area (Å²) in [7, 11) is 0. The third kappa shape index (κ3) is 3.90. The highest BCUT2D eigenvalue weighted by Gasteiger charge is 2.28. The van der Waals surface area contributed by atoms with E-state index in [0.29, 0.717) is 4.99 Å². The number of nitrogens with two attached hydrogens (primary N) is 1. The van der Waals surface area contributed by atoms with Gasteiger partial charge in [0.2, 0.25) is 0 Å². The second-order valence-electron chi connectivity index (χ2n) is 5.87. The molecule has 2 aliphatic rings. The third-order valence-corrected chi connectivity index (χ3v) is 4.76. The van der Waals surface area contributed by atoms with E-state index in [2.05, 4.69) is 16.7 Å². The van der Waals surface area contributed by atoms with Crippen molar-refractivity contribution in [2.45, 2.75) is 45.1 Å². The van der Waals surface area contributed by atoms with Gasteiger partial charge >= 0.3 is 0 Å². The summed E-state index contributed by atoms with van der Waals surface area (Å²) >= 11 is 4.98. The van der Waals surface area contributed by atoms with Crippen molar-refractivity contribution in [1.82, 2.24) is 9.80 Å². The molecular weight excluding hydrogens is 242 g/mol. The van der Waals surface area contributed by atoms with E-state index in [9.17, 15) is 0 Å². The van der Waals surface area contributed by atoms with Crippen molar-refractivity contribution in [3.05, 3.63) is 0 Å². The molecule has 1 aliphatic heterocycles. The average molecular weight is 269 g/mol. The second-order valence-corrected chi connectivity index (χ2v) is 6.40. The normalized spacial score (nSPS) is 31.4. The number of rotatable bonds is 4. The molecule has 3 nitrogen and oxygen atoms in total. The lowest BCUT2D eigenvalue weighted by Crippen LogP contribution is -2.52. The maximum atomic E-state index is 5.61. The van der Waals surface area contributed by atoms with Crippen molar-refractivity contribution < 1.29 is 0 Å². The van der Waals surface area contributed by atoms with Gasteiger partial charge in [0, 0.05) is 38.8 Å². The molecule has 1 aliphatic carbocycles.